The van der Waals surface area contributed by atoms with Gasteiger partial charge >= 0.3 is 16.3 Å². The first-order valence-corrected chi connectivity index (χ1v) is 23.6. The molecule has 5 aliphatic rings. The van der Waals surface area contributed by atoms with Crippen molar-refractivity contribution in [2.24, 2.45) is 0 Å². The molecule has 18 heteroatoms. The van der Waals surface area contributed by atoms with Crippen LogP contribution < -0.4 is 10.5 Å². The number of cyclic esters (lactones) is 1. The van der Waals surface area contributed by atoms with Gasteiger partial charge in [0.15, 0.2) is 0 Å². The maximum Gasteiger partial charge on any atom is 0.425 e. The van der Waals surface area contributed by atoms with Gasteiger partial charge in [0.05, 0.1) is 12.2 Å². The molecule has 3 N–H and O–H groups in total. The van der Waals surface area contributed by atoms with Gasteiger partial charge in [0.1, 0.15) is 18.2 Å². The van der Waals surface area contributed by atoms with Crippen LogP contribution in [0.4, 0.5) is 25.0 Å². The molecule has 5 aliphatic heterocycles. The monoisotopic (exact) mass is 947 g/mol. The van der Waals surface area contributed by atoms with Gasteiger partial charge in [-0.15, -0.1) is 0 Å². The summed E-state index contributed by atoms with van der Waals surface area (Å²) in [5.41, 5.74) is 10.0. The highest BCUT2D eigenvalue weighted by Gasteiger charge is 2.43. The zero-order valence-electron chi connectivity index (χ0n) is 35.4. The second kappa shape index (κ2) is 19.9. The van der Waals surface area contributed by atoms with E-state index >= 15 is 0 Å². The van der Waals surface area contributed by atoms with Crippen LogP contribution in [0, 0.1) is 11.6 Å². The fraction of sp³-hybridized carbons (Fsp3) is 0.340. The number of carbonyl (C=O) groups excluding carboxylic acids is 3. The molecule has 13 nitrogen and oxygen atoms in total. The Morgan fingerprint density at radius 3 is 1.58 bits per heavy atom. The Morgan fingerprint density at radius 1 is 0.692 bits per heavy atom. The molecule has 5 fully saturated rings. The van der Waals surface area contributed by atoms with E-state index in [0.717, 1.165) is 75.1 Å². The third-order valence-electron chi connectivity index (χ3n) is 12.4. The van der Waals surface area contributed by atoms with E-state index in [2.05, 4.69) is 14.5 Å². The molecule has 4 aromatic rings. The Balaban J connectivity index is 0.000000184. The Morgan fingerprint density at radius 2 is 1.14 bits per heavy atom. The van der Waals surface area contributed by atoms with Gasteiger partial charge in [-0.1, -0.05) is 59.6 Å². The third-order valence-corrected chi connectivity index (χ3v) is 14.3. The molecule has 0 saturated carbocycles. The van der Waals surface area contributed by atoms with Crippen molar-refractivity contribution in [1.29, 1.82) is 0 Å². The van der Waals surface area contributed by atoms with Gasteiger partial charge in [-0.25, -0.2) is 13.6 Å². The molecule has 5 heterocycles. The number of piperazine rings is 2. The topological polar surface area (TPSA) is 149 Å². The van der Waals surface area contributed by atoms with E-state index in [-0.39, 0.29) is 66.5 Å². The Kier molecular flexibility index (Phi) is 14.1. The lowest BCUT2D eigenvalue weighted by Crippen LogP contribution is -2.55. The summed E-state index contributed by atoms with van der Waals surface area (Å²) in [7, 11) is -4.21. The molecule has 9 rings (SSSR count). The molecule has 4 bridgehead atoms. The normalized spacial score (nSPS) is 22.1. The second-order valence-corrected chi connectivity index (χ2v) is 19.3. The van der Waals surface area contributed by atoms with Crippen LogP contribution in [0.1, 0.15) is 47.9 Å². The first kappa shape index (κ1) is 46.0. The van der Waals surface area contributed by atoms with Gasteiger partial charge in [0, 0.05) is 91.3 Å². The van der Waals surface area contributed by atoms with Gasteiger partial charge in [-0.2, -0.15) is 12.7 Å². The van der Waals surface area contributed by atoms with Gasteiger partial charge in [-0.05, 0) is 109 Å². The first-order chi connectivity index (χ1) is 31.2. The number of halogens is 4. The van der Waals surface area contributed by atoms with Crippen molar-refractivity contribution < 1.29 is 36.3 Å². The van der Waals surface area contributed by atoms with E-state index in [9.17, 15) is 31.6 Å². The van der Waals surface area contributed by atoms with E-state index in [1.807, 2.05) is 28.0 Å². The van der Waals surface area contributed by atoms with Crippen molar-refractivity contribution in [2.45, 2.75) is 62.9 Å². The first-order valence-electron chi connectivity index (χ1n) is 21.5. The number of fused-ring (bicyclic) bond motifs is 4. The molecule has 4 unspecified atom stereocenters. The molecule has 3 amide bonds. The number of anilines is 2. The number of likely N-dealkylation sites (tertiary alicyclic amines) is 2. The highest BCUT2D eigenvalue weighted by atomic mass is 35.5. The standard InChI is InChI=1S/C25H26ClFN4O5S.C22H23ClFN3O/c26-19-5-3-18(23(13-19)28-37(34,35)30-11-12-36-25(30)33)4-10-24(32)31-21-8-9-22(31)16-29(15-21)14-17-1-6-20(27)7-2-17;23-17-5-3-16(21(25)11-17)4-10-22(28)27-19-8-9-20(27)14-26(13-19)12-15-1-6-18(24)7-2-15/h1-7,10,13,21-22,28H,8-9,11-12,14-16H2;1-7,10-11,19-20H,8-9,12-14,25H2/b2*10-4+. The minimum atomic E-state index is -4.21. The van der Waals surface area contributed by atoms with Gasteiger partial charge in [0.2, 0.25) is 11.8 Å². The van der Waals surface area contributed by atoms with Crippen LogP contribution in [0.2, 0.25) is 10.0 Å². The van der Waals surface area contributed by atoms with E-state index < -0.39 is 16.3 Å². The van der Waals surface area contributed by atoms with Crippen molar-refractivity contribution in [3.05, 3.63) is 141 Å². The smallest absolute Gasteiger partial charge is 0.425 e. The number of carbonyl (C=O) groups is 3. The van der Waals surface area contributed by atoms with Crippen LogP contribution in [-0.2, 0) is 37.6 Å². The SMILES string of the molecule is Nc1cc(Cl)ccc1/C=C/C(=O)N1C2CCC1CN(Cc1ccc(F)cc1)C2.O=C(/C=C/c1ccc(Cl)cc1NS(=O)(=O)N1CCOC1=O)N1C2CCC1CN(Cc1ccc(F)cc1)C2. The number of rotatable bonds is 11. The lowest BCUT2D eigenvalue weighted by Gasteiger charge is -2.40. The summed E-state index contributed by atoms with van der Waals surface area (Å²) in [6.07, 6.45) is 9.26. The molecule has 0 aliphatic carbocycles. The third kappa shape index (κ3) is 11.1. The van der Waals surface area contributed by atoms with Crippen LogP contribution in [0.3, 0.4) is 0 Å². The number of hydrogen-bond donors (Lipinski definition) is 2. The number of nitrogen functional groups attached to an aromatic ring is 1. The van der Waals surface area contributed by atoms with Crippen molar-refractivity contribution in [3.63, 3.8) is 0 Å². The van der Waals surface area contributed by atoms with E-state index in [1.54, 1.807) is 54.6 Å². The van der Waals surface area contributed by atoms with Crippen LogP contribution in [-0.4, -0.2) is 114 Å². The fourth-order valence-electron chi connectivity index (χ4n) is 9.40. The number of ether oxygens (including phenoxy) is 1. The molecule has 0 aromatic heterocycles. The largest absolute Gasteiger partial charge is 0.447 e. The Labute approximate surface area is 387 Å². The minimum absolute atomic E-state index is 0.0178. The molecule has 0 spiro atoms. The zero-order chi connectivity index (χ0) is 45.8. The van der Waals surface area contributed by atoms with E-state index in [0.29, 0.717) is 32.1 Å². The lowest BCUT2D eigenvalue weighted by atomic mass is 10.1. The van der Waals surface area contributed by atoms with E-state index in [1.165, 1.54) is 36.4 Å². The van der Waals surface area contributed by atoms with Crippen molar-refractivity contribution in [3.8, 4) is 0 Å². The summed E-state index contributed by atoms with van der Waals surface area (Å²) >= 11 is 12.0. The summed E-state index contributed by atoms with van der Waals surface area (Å²) in [4.78, 5) is 46.3. The predicted molar refractivity (Wildman–Crippen MR) is 247 cm³/mol. The highest BCUT2D eigenvalue weighted by Crippen LogP contribution is 2.34. The zero-order valence-corrected chi connectivity index (χ0v) is 37.7. The number of nitrogens with zero attached hydrogens (tertiary/aromatic N) is 5. The fourth-order valence-corrected chi connectivity index (χ4v) is 10.9. The van der Waals surface area contributed by atoms with Crippen LogP contribution >= 0.6 is 23.2 Å². The lowest BCUT2D eigenvalue weighted by molar-refractivity contribution is -0.132. The van der Waals surface area contributed by atoms with Crippen molar-refractivity contribution >= 4 is 74.8 Å². The molecule has 4 aromatic carbocycles. The summed E-state index contributed by atoms with van der Waals surface area (Å²) in [6.45, 7) is 4.52. The molecule has 342 valence electrons. The summed E-state index contributed by atoms with van der Waals surface area (Å²) in [5, 5.41) is 0.872. The highest BCUT2D eigenvalue weighted by molar-refractivity contribution is 7.91. The van der Waals surface area contributed by atoms with Crippen molar-refractivity contribution in [1.82, 2.24) is 23.9 Å². The van der Waals surface area contributed by atoms with Crippen molar-refractivity contribution in [2.75, 3.05) is 49.8 Å². The molecular formula is C47H49Cl2F2N7O6S. The minimum Gasteiger partial charge on any atom is -0.447 e. The van der Waals surface area contributed by atoms with Gasteiger partial charge in [-0.3, -0.25) is 24.1 Å². The number of amides is 3. The Hall–Kier alpha value is -5.52. The Bertz CT molecular complexity index is 2560. The molecule has 65 heavy (non-hydrogen) atoms. The van der Waals surface area contributed by atoms with Crippen LogP contribution in [0.25, 0.3) is 12.2 Å². The van der Waals surface area contributed by atoms with Gasteiger partial charge in [0.25, 0.3) is 0 Å². The van der Waals surface area contributed by atoms with Gasteiger partial charge < -0.3 is 20.3 Å². The molecule has 5 saturated heterocycles. The van der Waals surface area contributed by atoms with E-state index in [4.69, 9.17) is 33.7 Å². The number of benzene rings is 4. The number of nitrogens with two attached hydrogens (primary N) is 1. The maximum atomic E-state index is 13.2. The number of hydrogen-bond acceptors (Lipinski definition) is 9. The summed E-state index contributed by atoms with van der Waals surface area (Å²) < 4.78 is 59.4. The number of nitrogens with one attached hydrogen (secondary N) is 1. The second-order valence-electron chi connectivity index (χ2n) is 16.9. The molecular weight excluding hydrogens is 900 g/mol. The van der Waals surface area contributed by atoms with Crippen LogP contribution in [0.15, 0.2) is 97.1 Å². The predicted octanol–water partition coefficient (Wildman–Crippen LogP) is 7.43. The average molecular weight is 949 g/mol. The molecule has 0 radical (unpaired) electrons. The summed E-state index contributed by atoms with van der Waals surface area (Å²) in [6, 6.07) is 23.6. The quantitative estimate of drug-likeness (QED) is 0.116. The molecule has 4 atom stereocenters. The summed E-state index contributed by atoms with van der Waals surface area (Å²) in [5.74, 6) is -0.599. The average Bonchev–Trinajstić information content (AvgIpc) is 3.92. The maximum absolute atomic E-state index is 13.2. The van der Waals surface area contributed by atoms with Crippen LogP contribution in [0.5, 0.6) is 0 Å².